The first-order chi connectivity index (χ1) is 9.16. The van der Waals surface area contributed by atoms with Crippen LogP contribution in [0.3, 0.4) is 0 Å². The highest BCUT2D eigenvalue weighted by Crippen LogP contribution is 2.34. The van der Waals surface area contributed by atoms with Gasteiger partial charge in [-0.1, -0.05) is 24.3 Å². The Hall–Kier alpha value is -1.68. The summed E-state index contributed by atoms with van der Waals surface area (Å²) in [5, 5.41) is 7.00. The number of rotatable bonds is 1. The lowest BCUT2D eigenvalue weighted by molar-refractivity contribution is -0.116. The van der Waals surface area contributed by atoms with E-state index in [-0.39, 0.29) is 11.8 Å². The van der Waals surface area contributed by atoms with E-state index in [9.17, 15) is 4.79 Å². The molecule has 0 spiro atoms. The number of ketones is 1. The Morgan fingerprint density at radius 1 is 1.26 bits per heavy atom. The minimum atomic E-state index is -0.0993. The van der Waals surface area contributed by atoms with E-state index < -0.39 is 0 Å². The van der Waals surface area contributed by atoms with Gasteiger partial charge in [-0.3, -0.25) is 4.79 Å². The fraction of sp³-hybridized carbons (Fsp3) is 0.333. The van der Waals surface area contributed by atoms with E-state index >= 15 is 0 Å². The van der Waals surface area contributed by atoms with Gasteiger partial charge >= 0.3 is 0 Å². The Balaban J connectivity index is 2.11. The molecular formula is C15H16N2OS. The van der Waals surface area contributed by atoms with Gasteiger partial charge in [0.15, 0.2) is 10.9 Å². The van der Waals surface area contributed by atoms with Gasteiger partial charge in [0.2, 0.25) is 0 Å². The Labute approximate surface area is 118 Å². The Kier molecular flexibility index (Phi) is 3.11. The monoisotopic (exact) mass is 272 g/mol. The van der Waals surface area contributed by atoms with Crippen LogP contribution in [0.15, 0.2) is 35.5 Å². The summed E-state index contributed by atoms with van der Waals surface area (Å²) in [6.45, 7) is 2.07. The minimum Gasteiger partial charge on any atom is -0.351 e. The molecule has 4 heteroatoms. The molecule has 1 aliphatic heterocycles. The van der Waals surface area contributed by atoms with E-state index in [1.165, 1.54) is 5.56 Å². The van der Waals surface area contributed by atoms with Crippen LogP contribution in [0, 0.1) is 6.92 Å². The van der Waals surface area contributed by atoms with Gasteiger partial charge in [-0.25, -0.2) is 0 Å². The molecule has 3 rings (SSSR count). The first-order valence-corrected chi connectivity index (χ1v) is 6.97. The van der Waals surface area contributed by atoms with E-state index in [2.05, 4.69) is 29.7 Å². The lowest BCUT2D eigenvalue weighted by atomic mass is 9.84. The molecule has 2 aliphatic rings. The van der Waals surface area contributed by atoms with Crippen molar-refractivity contribution in [3.8, 4) is 0 Å². The molecule has 1 atom stereocenters. The van der Waals surface area contributed by atoms with Crippen LogP contribution < -0.4 is 10.6 Å². The lowest BCUT2D eigenvalue weighted by Gasteiger charge is -2.34. The summed E-state index contributed by atoms with van der Waals surface area (Å²) in [6, 6.07) is 8.04. The molecule has 0 fully saturated rings. The van der Waals surface area contributed by atoms with Gasteiger partial charge in [-0.2, -0.15) is 0 Å². The van der Waals surface area contributed by atoms with Crippen molar-refractivity contribution in [1.29, 1.82) is 0 Å². The second kappa shape index (κ2) is 4.78. The molecule has 2 N–H and O–H groups in total. The van der Waals surface area contributed by atoms with Crippen molar-refractivity contribution in [3.63, 3.8) is 0 Å². The third kappa shape index (κ3) is 2.16. The number of carbonyl (C=O) groups excluding carboxylic acids is 1. The summed E-state index contributed by atoms with van der Waals surface area (Å²) in [7, 11) is 0. The van der Waals surface area contributed by atoms with E-state index in [4.69, 9.17) is 12.2 Å². The molecule has 1 aromatic rings. The van der Waals surface area contributed by atoms with Crippen molar-refractivity contribution in [2.24, 2.45) is 0 Å². The normalized spacial score (nSPS) is 22.7. The van der Waals surface area contributed by atoms with Crippen molar-refractivity contribution >= 4 is 23.1 Å². The van der Waals surface area contributed by atoms with Crippen LogP contribution in [0.5, 0.6) is 0 Å². The largest absolute Gasteiger partial charge is 0.351 e. The number of thiocarbonyl (C=S) groups is 1. The number of hydrogen-bond donors (Lipinski definition) is 2. The molecule has 3 nitrogen and oxygen atoms in total. The number of benzene rings is 1. The zero-order valence-electron chi connectivity index (χ0n) is 10.8. The molecule has 0 amide bonds. The van der Waals surface area contributed by atoms with Gasteiger partial charge in [-0.05, 0) is 43.1 Å². The van der Waals surface area contributed by atoms with Crippen LogP contribution in [0.4, 0.5) is 0 Å². The maximum Gasteiger partial charge on any atom is 0.171 e. The predicted molar refractivity (Wildman–Crippen MR) is 78.7 cm³/mol. The van der Waals surface area contributed by atoms with Gasteiger partial charge in [0.25, 0.3) is 0 Å². The topological polar surface area (TPSA) is 41.1 Å². The van der Waals surface area contributed by atoms with Gasteiger partial charge in [0, 0.05) is 17.7 Å². The summed E-state index contributed by atoms with van der Waals surface area (Å²) >= 11 is 5.27. The fourth-order valence-electron chi connectivity index (χ4n) is 2.85. The predicted octanol–water partition coefficient (Wildman–Crippen LogP) is 2.52. The van der Waals surface area contributed by atoms with E-state index in [0.717, 1.165) is 29.7 Å². The molecule has 98 valence electrons. The van der Waals surface area contributed by atoms with Crippen LogP contribution in [0.2, 0.25) is 0 Å². The minimum absolute atomic E-state index is 0.0993. The van der Waals surface area contributed by atoms with Crippen molar-refractivity contribution < 1.29 is 4.79 Å². The second-order valence-electron chi connectivity index (χ2n) is 5.06. The molecule has 0 saturated carbocycles. The van der Waals surface area contributed by atoms with E-state index in [1.807, 2.05) is 12.1 Å². The van der Waals surface area contributed by atoms with Gasteiger partial charge in [-0.15, -0.1) is 0 Å². The first kappa shape index (κ1) is 12.4. The molecule has 0 unspecified atom stereocenters. The zero-order valence-corrected chi connectivity index (χ0v) is 11.6. The zero-order chi connectivity index (χ0) is 13.4. The van der Waals surface area contributed by atoms with Gasteiger partial charge in [0.1, 0.15) is 0 Å². The average Bonchev–Trinajstić information content (AvgIpc) is 2.38. The smallest absolute Gasteiger partial charge is 0.171 e. The van der Waals surface area contributed by atoms with Crippen molar-refractivity contribution in [2.75, 3.05) is 0 Å². The number of carbonyl (C=O) groups is 1. The summed E-state index contributed by atoms with van der Waals surface area (Å²) < 4.78 is 0. The highest BCUT2D eigenvalue weighted by atomic mass is 32.1. The molecule has 1 heterocycles. The van der Waals surface area contributed by atoms with Crippen LogP contribution in [-0.4, -0.2) is 10.9 Å². The number of hydrogen-bond acceptors (Lipinski definition) is 2. The van der Waals surface area contributed by atoms with Crippen molar-refractivity contribution in [3.05, 3.63) is 46.7 Å². The fourth-order valence-corrected chi connectivity index (χ4v) is 3.09. The van der Waals surface area contributed by atoms with Crippen LogP contribution in [0.1, 0.15) is 36.4 Å². The highest BCUT2D eigenvalue weighted by molar-refractivity contribution is 7.80. The Morgan fingerprint density at radius 3 is 2.84 bits per heavy atom. The summed E-state index contributed by atoms with van der Waals surface area (Å²) in [4.78, 5) is 12.2. The van der Waals surface area contributed by atoms with Crippen LogP contribution in [-0.2, 0) is 4.79 Å². The van der Waals surface area contributed by atoms with Crippen molar-refractivity contribution in [2.45, 2.75) is 32.2 Å². The number of aryl methyl sites for hydroxylation is 1. The average molecular weight is 272 g/mol. The third-order valence-corrected chi connectivity index (χ3v) is 4.00. The SMILES string of the molecule is Cc1ccccc1[C@@H]1NC(=S)NC2=C1C(=O)CCC2. The molecule has 19 heavy (non-hydrogen) atoms. The Bertz CT molecular complexity index is 592. The first-order valence-electron chi connectivity index (χ1n) is 6.56. The van der Waals surface area contributed by atoms with E-state index in [0.29, 0.717) is 11.5 Å². The molecular weight excluding hydrogens is 256 g/mol. The molecule has 0 saturated heterocycles. The van der Waals surface area contributed by atoms with Gasteiger partial charge in [0.05, 0.1) is 6.04 Å². The summed E-state index contributed by atoms with van der Waals surface area (Å²) in [6.07, 6.45) is 2.45. The van der Waals surface area contributed by atoms with E-state index in [1.54, 1.807) is 0 Å². The van der Waals surface area contributed by atoms with Gasteiger partial charge < -0.3 is 10.6 Å². The third-order valence-electron chi connectivity index (χ3n) is 3.78. The molecule has 0 bridgehead atoms. The molecule has 0 radical (unpaired) electrons. The summed E-state index contributed by atoms with van der Waals surface area (Å²) in [5.74, 6) is 0.233. The number of Topliss-reactive ketones (excluding diaryl/α,β-unsaturated/α-hetero) is 1. The number of nitrogens with one attached hydrogen (secondary N) is 2. The maximum absolute atomic E-state index is 12.2. The van der Waals surface area contributed by atoms with Crippen molar-refractivity contribution in [1.82, 2.24) is 10.6 Å². The molecule has 1 aromatic carbocycles. The standard InChI is InChI=1S/C15H16N2OS/c1-9-5-2-3-6-10(9)14-13-11(16-15(19)17-14)7-4-8-12(13)18/h2-3,5-6,14H,4,7-8H2,1H3,(H2,16,17,19)/t14-/m0/s1. The van der Waals surface area contributed by atoms with Crippen LogP contribution >= 0.6 is 12.2 Å². The Morgan fingerprint density at radius 2 is 2.05 bits per heavy atom. The number of allylic oxidation sites excluding steroid dienone is 1. The quantitative estimate of drug-likeness (QED) is 0.771. The lowest BCUT2D eigenvalue weighted by Crippen LogP contribution is -2.46. The summed E-state index contributed by atoms with van der Waals surface area (Å²) in [5.41, 5.74) is 4.19. The second-order valence-corrected chi connectivity index (χ2v) is 5.47. The molecule has 1 aliphatic carbocycles. The van der Waals surface area contributed by atoms with Crippen LogP contribution in [0.25, 0.3) is 0 Å². The maximum atomic E-state index is 12.2. The highest BCUT2D eigenvalue weighted by Gasteiger charge is 2.33. The molecule has 0 aromatic heterocycles.